The van der Waals surface area contributed by atoms with Gasteiger partial charge in [-0.1, -0.05) is 30.3 Å². The van der Waals surface area contributed by atoms with Crippen molar-refractivity contribution in [1.82, 2.24) is 5.32 Å². The molecule has 1 atom stereocenters. The first-order valence-corrected chi connectivity index (χ1v) is 5.01. The fraction of sp³-hybridized carbons (Fsp3) is 0.417. The maximum Gasteiger partial charge on any atom is 0.108 e. The predicted octanol–water partition coefficient (Wildman–Crippen LogP) is 1.09. The molecule has 0 amide bonds. The molecular weight excluding hydrogens is 188 g/mol. The number of nitriles is 1. The Hall–Kier alpha value is -1.37. The number of aliphatic hydroxyl groups is 1. The lowest BCUT2D eigenvalue weighted by atomic mass is 9.94. The minimum atomic E-state index is -0.607. The van der Waals surface area contributed by atoms with Crippen LogP contribution in [-0.4, -0.2) is 23.8 Å². The molecule has 0 saturated carbocycles. The van der Waals surface area contributed by atoms with Gasteiger partial charge < -0.3 is 5.11 Å². The Morgan fingerprint density at radius 3 is 2.60 bits per heavy atom. The molecule has 0 saturated heterocycles. The van der Waals surface area contributed by atoms with Crippen LogP contribution in [0.1, 0.15) is 12.5 Å². The Morgan fingerprint density at radius 2 is 2.07 bits per heavy atom. The number of hydrogen-bond donors (Lipinski definition) is 2. The van der Waals surface area contributed by atoms with Gasteiger partial charge in [0, 0.05) is 13.0 Å². The smallest absolute Gasteiger partial charge is 0.108 e. The topological polar surface area (TPSA) is 56.0 Å². The molecule has 1 unspecified atom stereocenters. The Kier molecular flexibility index (Phi) is 4.29. The quantitative estimate of drug-likeness (QED) is 0.755. The van der Waals surface area contributed by atoms with E-state index in [1.165, 1.54) is 0 Å². The highest BCUT2D eigenvalue weighted by molar-refractivity contribution is 5.21. The van der Waals surface area contributed by atoms with E-state index in [2.05, 4.69) is 11.4 Å². The second-order valence-corrected chi connectivity index (χ2v) is 3.76. The molecule has 3 nitrogen and oxygen atoms in total. The molecule has 0 bridgehead atoms. The molecule has 1 rings (SSSR count). The van der Waals surface area contributed by atoms with Crippen LogP contribution in [0.3, 0.4) is 0 Å². The molecule has 2 N–H and O–H groups in total. The highest BCUT2D eigenvalue weighted by Gasteiger charge is 2.22. The Balaban J connectivity index is 2.65. The van der Waals surface area contributed by atoms with Crippen LogP contribution in [-0.2, 0) is 6.42 Å². The van der Waals surface area contributed by atoms with Crippen LogP contribution < -0.4 is 5.32 Å². The molecule has 0 radical (unpaired) electrons. The first-order valence-electron chi connectivity index (χ1n) is 5.01. The zero-order valence-electron chi connectivity index (χ0n) is 8.90. The maximum absolute atomic E-state index is 9.08. The Bertz CT molecular complexity index is 331. The van der Waals surface area contributed by atoms with Crippen LogP contribution in [0.25, 0.3) is 0 Å². The van der Waals surface area contributed by atoms with E-state index in [1.54, 1.807) is 0 Å². The van der Waals surface area contributed by atoms with Gasteiger partial charge in [0.15, 0.2) is 0 Å². The van der Waals surface area contributed by atoms with Gasteiger partial charge >= 0.3 is 0 Å². The largest absolute Gasteiger partial charge is 0.395 e. The second-order valence-electron chi connectivity index (χ2n) is 3.76. The third-order valence-corrected chi connectivity index (χ3v) is 2.27. The zero-order chi connectivity index (χ0) is 11.1. The number of benzene rings is 1. The molecule has 0 aromatic heterocycles. The summed E-state index contributed by atoms with van der Waals surface area (Å²) in [5, 5.41) is 20.8. The molecule has 0 heterocycles. The van der Waals surface area contributed by atoms with Gasteiger partial charge in [0.25, 0.3) is 0 Å². The van der Waals surface area contributed by atoms with Crippen LogP contribution in [0.4, 0.5) is 0 Å². The molecule has 80 valence electrons. The molecule has 0 spiro atoms. The number of nitrogens with zero attached hydrogens (tertiary/aromatic N) is 1. The molecule has 1 aromatic carbocycles. The lowest BCUT2D eigenvalue weighted by Crippen LogP contribution is -2.44. The van der Waals surface area contributed by atoms with E-state index in [-0.39, 0.29) is 6.61 Å². The van der Waals surface area contributed by atoms with Crippen molar-refractivity contribution in [3.63, 3.8) is 0 Å². The summed E-state index contributed by atoms with van der Waals surface area (Å²) in [7, 11) is 0. The van der Waals surface area contributed by atoms with Gasteiger partial charge in [-0.3, -0.25) is 5.32 Å². The first kappa shape index (κ1) is 11.7. The van der Waals surface area contributed by atoms with Crippen LogP contribution in [0.5, 0.6) is 0 Å². The van der Waals surface area contributed by atoms with Crippen LogP contribution in [0.2, 0.25) is 0 Å². The third-order valence-electron chi connectivity index (χ3n) is 2.27. The van der Waals surface area contributed by atoms with Crippen LogP contribution in [0.15, 0.2) is 30.3 Å². The number of β-amino-alcohol motifs (C(OH)–C–C–N with tert-alkyl or cyclic N) is 1. The monoisotopic (exact) mass is 204 g/mol. The molecule has 0 aliphatic carbocycles. The van der Waals surface area contributed by atoms with E-state index in [0.29, 0.717) is 13.0 Å². The minimum absolute atomic E-state index is 0.0477. The molecule has 1 aromatic rings. The maximum atomic E-state index is 9.08. The summed E-state index contributed by atoms with van der Waals surface area (Å²) in [5.74, 6) is 0. The molecule has 0 aliphatic heterocycles. The molecular formula is C12H16N2O. The molecule has 0 aliphatic rings. The first-order chi connectivity index (χ1) is 7.20. The summed E-state index contributed by atoms with van der Waals surface area (Å²) in [6.07, 6.45) is 0.643. The SMILES string of the molecule is CC(C#N)(Cc1ccccc1)NCCO. The van der Waals surface area contributed by atoms with E-state index >= 15 is 0 Å². The highest BCUT2D eigenvalue weighted by atomic mass is 16.3. The van der Waals surface area contributed by atoms with Crippen molar-refractivity contribution >= 4 is 0 Å². The van der Waals surface area contributed by atoms with Gasteiger partial charge in [-0.05, 0) is 12.5 Å². The van der Waals surface area contributed by atoms with Gasteiger partial charge in [0.05, 0.1) is 12.7 Å². The van der Waals surface area contributed by atoms with Crippen molar-refractivity contribution in [2.75, 3.05) is 13.2 Å². The van der Waals surface area contributed by atoms with Crippen molar-refractivity contribution in [3.8, 4) is 6.07 Å². The normalized spacial score (nSPS) is 14.2. The summed E-state index contributed by atoms with van der Waals surface area (Å²) < 4.78 is 0. The lowest BCUT2D eigenvalue weighted by Gasteiger charge is -2.22. The number of rotatable bonds is 5. The summed E-state index contributed by atoms with van der Waals surface area (Å²) in [4.78, 5) is 0. The number of aliphatic hydroxyl groups excluding tert-OH is 1. The minimum Gasteiger partial charge on any atom is -0.395 e. The van der Waals surface area contributed by atoms with E-state index in [1.807, 2.05) is 37.3 Å². The number of hydrogen-bond acceptors (Lipinski definition) is 3. The van der Waals surface area contributed by atoms with Crippen molar-refractivity contribution in [2.24, 2.45) is 0 Å². The molecule has 3 heteroatoms. The van der Waals surface area contributed by atoms with E-state index in [9.17, 15) is 0 Å². The van der Waals surface area contributed by atoms with E-state index in [0.717, 1.165) is 5.56 Å². The van der Waals surface area contributed by atoms with Gasteiger partial charge in [-0.25, -0.2) is 0 Å². The van der Waals surface area contributed by atoms with Crippen molar-refractivity contribution in [1.29, 1.82) is 5.26 Å². The van der Waals surface area contributed by atoms with Crippen molar-refractivity contribution in [3.05, 3.63) is 35.9 Å². The Morgan fingerprint density at radius 1 is 1.40 bits per heavy atom. The third kappa shape index (κ3) is 3.70. The predicted molar refractivity (Wildman–Crippen MR) is 59.3 cm³/mol. The lowest BCUT2D eigenvalue weighted by molar-refractivity contribution is 0.275. The summed E-state index contributed by atoms with van der Waals surface area (Å²) >= 11 is 0. The average Bonchev–Trinajstić information content (AvgIpc) is 2.28. The second kappa shape index (κ2) is 5.50. The van der Waals surface area contributed by atoms with Gasteiger partial charge in [0.1, 0.15) is 5.54 Å². The van der Waals surface area contributed by atoms with Crippen LogP contribution >= 0.6 is 0 Å². The summed E-state index contributed by atoms with van der Waals surface area (Å²) in [6.45, 7) is 2.33. The van der Waals surface area contributed by atoms with E-state index in [4.69, 9.17) is 10.4 Å². The van der Waals surface area contributed by atoms with Crippen molar-refractivity contribution in [2.45, 2.75) is 18.9 Å². The Labute approximate surface area is 90.4 Å². The zero-order valence-corrected chi connectivity index (χ0v) is 8.90. The highest BCUT2D eigenvalue weighted by Crippen LogP contribution is 2.11. The van der Waals surface area contributed by atoms with Gasteiger partial charge in [0.2, 0.25) is 0 Å². The number of nitrogens with one attached hydrogen (secondary N) is 1. The van der Waals surface area contributed by atoms with Gasteiger partial charge in [-0.2, -0.15) is 5.26 Å². The molecule has 0 fully saturated rings. The summed E-state index contributed by atoms with van der Waals surface area (Å²) in [6, 6.07) is 12.1. The standard InChI is InChI=1S/C12H16N2O/c1-12(10-13,14-7-8-15)9-11-5-3-2-4-6-11/h2-6,14-15H,7-9H2,1H3. The van der Waals surface area contributed by atoms with E-state index < -0.39 is 5.54 Å². The van der Waals surface area contributed by atoms with Gasteiger partial charge in [-0.15, -0.1) is 0 Å². The van der Waals surface area contributed by atoms with Crippen molar-refractivity contribution < 1.29 is 5.11 Å². The average molecular weight is 204 g/mol. The molecule has 15 heavy (non-hydrogen) atoms. The fourth-order valence-corrected chi connectivity index (χ4v) is 1.48. The fourth-order valence-electron chi connectivity index (χ4n) is 1.48. The van der Waals surface area contributed by atoms with Crippen LogP contribution in [0, 0.1) is 11.3 Å². The summed E-state index contributed by atoms with van der Waals surface area (Å²) in [5.41, 5.74) is 0.511.